The van der Waals surface area contributed by atoms with Crippen molar-refractivity contribution in [1.29, 1.82) is 0 Å². The van der Waals surface area contributed by atoms with E-state index in [9.17, 15) is 21.6 Å². The second-order valence-corrected chi connectivity index (χ2v) is 7.36. The Labute approximate surface area is 141 Å². The van der Waals surface area contributed by atoms with Crippen LogP contribution in [0.4, 0.5) is 13.2 Å². The predicted octanol–water partition coefficient (Wildman–Crippen LogP) is 0.589. The minimum Gasteiger partial charge on any atom is -0.378 e. The molecule has 0 radical (unpaired) electrons. The highest BCUT2D eigenvalue weighted by Crippen LogP contribution is 2.24. The van der Waals surface area contributed by atoms with Gasteiger partial charge in [-0.2, -0.15) is 13.2 Å². The monoisotopic (exact) mass is 383 g/mol. The van der Waals surface area contributed by atoms with Gasteiger partial charge in [-0.25, -0.2) is 13.1 Å². The van der Waals surface area contributed by atoms with Crippen molar-refractivity contribution in [2.75, 3.05) is 45.1 Å². The number of alkyl halides is 3. The largest absolute Gasteiger partial charge is 0.405 e. The average Bonchev–Trinajstić information content (AvgIpc) is 2.37. The number of piperazine rings is 1. The number of rotatable bonds is 8. The van der Waals surface area contributed by atoms with Crippen LogP contribution in [0.2, 0.25) is 0 Å². The maximum absolute atomic E-state index is 13.1. The van der Waals surface area contributed by atoms with Gasteiger partial charge in [-0.1, -0.05) is 0 Å². The third kappa shape index (κ3) is 9.06. The summed E-state index contributed by atoms with van der Waals surface area (Å²) >= 11 is 0. The van der Waals surface area contributed by atoms with Crippen LogP contribution in [0.25, 0.3) is 0 Å². The molecule has 1 unspecified atom stereocenters. The van der Waals surface area contributed by atoms with Gasteiger partial charge >= 0.3 is 6.18 Å². The summed E-state index contributed by atoms with van der Waals surface area (Å²) in [7, 11) is -3.79. The van der Waals surface area contributed by atoms with Crippen LogP contribution in [-0.4, -0.2) is 76.7 Å². The first-order valence-electron chi connectivity index (χ1n) is 7.22. The molecule has 1 aliphatic heterocycles. The summed E-state index contributed by atoms with van der Waals surface area (Å²) in [5, 5.41) is 2.97. The van der Waals surface area contributed by atoms with E-state index in [0.29, 0.717) is 13.1 Å². The number of nitrogens with zero attached hydrogens (tertiary/aromatic N) is 1. The van der Waals surface area contributed by atoms with E-state index in [1.54, 1.807) is 13.8 Å². The molecule has 0 aromatic rings. The van der Waals surface area contributed by atoms with Crippen molar-refractivity contribution < 1.29 is 26.3 Å². The highest BCUT2D eigenvalue weighted by molar-refractivity contribution is 7.89. The molecule has 2 N–H and O–H groups in total. The van der Waals surface area contributed by atoms with Crippen molar-refractivity contribution in [2.24, 2.45) is 0 Å². The van der Waals surface area contributed by atoms with Crippen LogP contribution >= 0.6 is 12.4 Å². The molecule has 0 saturated carbocycles. The summed E-state index contributed by atoms with van der Waals surface area (Å²) < 4.78 is 70.0. The second kappa shape index (κ2) is 10.00. The maximum atomic E-state index is 13.1. The van der Waals surface area contributed by atoms with Crippen LogP contribution in [0.15, 0.2) is 0 Å². The minimum absolute atomic E-state index is 0. The van der Waals surface area contributed by atoms with E-state index in [2.05, 4.69) is 5.32 Å². The first-order chi connectivity index (χ1) is 10.1. The molecule has 11 heteroatoms. The topological polar surface area (TPSA) is 70.7 Å². The molecule has 0 aromatic heterocycles. The van der Waals surface area contributed by atoms with E-state index in [1.165, 1.54) is 4.90 Å². The van der Waals surface area contributed by atoms with E-state index in [4.69, 9.17) is 4.74 Å². The van der Waals surface area contributed by atoms with E-state index in [-0.39, 0.29) is 44.0 Å². The maximum Gasteiger partial charge on any atom is 0.405 e. The van der Waals surface area contributed by atoms with Crippen molar-refractivity contribution >= 4 is 22.4 Å². The lowest BCUT2D eigenvalue weighted by atomic mass is 10.2. The van der Waals surface area contributed by atoms with E-state index >= 15 is 0 Å². The Balaban J connectivity index is 0.00000484. The lowest BCUT2D eigenvalue weighted by Gasteiger charge is -2.35. The first-order valence-corrected chi connectivity index (χ1v) is 8.87. The van der Waals surface area contributed by atoms with Gasteiger partial charge in [0, 0.05) is 32.7 Å². The zero-order valence-electron chi connectivity index (χ0n) is 13.2. The van der Waals surface area contributed by atoms with Crippen molar-refractivity contribution in [3.63, 3.8) is 0 Å². The van der Waals surface area contributed by atoms with Crippen LogP contribution < -0.4 is 10.0 Å². The average molecular weight is 384 g/mol. The molecule has 6 nitrogen and oxygen atoms in total. The molecular formula is C12H25ClF3N3O3S. The molecule has 1 saturated heterocycles. The standard InChI is InChI=1S/C12H24F3N3O3S.ClH/c1-10(2)21-7-8-22(19,20)17-9-11(12(13,14)15)18-5-3-16-4-6-18;/h10-11,16-17H,3-9H2,1-2H3;1H. The van der Waals surface area contributed by atoms with Gasteiger partial charge in [-0.05, 0) is 13.8 Å². The van der Waals surface area contributed by atoms with Crippen LogP contribution in [0.5, 0.6) is 0 Å². The Morgan fingerprint density at radius 3 is 2.30 bits per heavy atom. The number of nitrogens with one attached hydrogen (secondary N) is 2. The fourth-order valence-electron chi connectivity index (χ4n) is 2.12. The van der Waals surface area contributed by atoms with E-state index in [0.717, 1.165) is 0 Å². The van der Waals surface area contributed by atoms with Crippen LogP contribution in [0.1, 0.15) is 13.8 Å². The molecule has 1 aliphatic rings. The Hall–Kier alpha value is -0.130. The first kappa shape index (κ1) is 22.9. The van der Waals surface area contributed by atoms with Crippen molar-refractivity contribution in [3.8, 4) is 0 Å². The van der Waals surface area contributed by atoms with Crippen LogP contribution in [-0.2, 0) is 14.8 Å². The molecule has 140 valence electrons. The molecule has 0 amide bonds. The smallest absolute Gasteiger partial charge is 0.378 e. The van der Waals surface area contributed by atoms with Gasteiger partial charge in [0.15, 0.2) is 0 Å². The van der Waals surface area contributed by atoms with Gasteiger partial charge in [0.05, 0.1) is 18.5 Å². The molecule has 23 heavy (non-hydrogen) atoms. The number of sulfonamides is 1. The number of hydrogen-bond donors (Lipinski definition) is 2. The Bertz CT molecular complexity index is 429. The third-order valence-corrected chi connectivity index (χ3v) is 4.58. The zero-order valence-corrected chi connectivity index (χ0v) is 14.9. The quantitative estimate of drug-likeness (QED) is 0.642. The van der Waals surface area contributed by atoms with Crippen molar-refractivity contribution in [1.82, 2.24) is 14.9 Å². The van der Waals surface area contributed by atoms with Crippen LogP contribution in [0, 0.1) is 0 Å². The summed E-state index contributed by atoms with van der Waals surface area (Å²) in [6.45, 7) is 4.19. The second-order valence-electron chi connectivity index (χ2n) is 5.43. The minimum atomic E-state index is -4.48. The molecule has 1 heterocycles. The number of halogens is 4. The predicted molar refractivity (Wildman–Crippen MR) is 84.4 cm³/mol. The highest BCUT2D eigenvalue weighted by atomic mass is 35.5. The molecule has 0 bridgehead atoms. The van der Waals surface area contributed by atoms with Gasteiger partial charge in [0.1, 0.15) is 6.04 Å². The molecule has 1 rings (SSSR count). The molecule has 1 atom stereocenters. The van der Waals surface area contributed by atoms with Gasteiger partial charge in [0.2, 0.25) is 10.0 Å². The lowest BCUT2D eigenvalue weighted by Crippen LogP contribution is -2.57. The SMILES string of the molecule is CC(C)OCCS(=O)(=O)NCC(N1CCNCC1)C(F)(F)F.Cl. The number of hydrogen-bond acceptors (Lipinski definition) is 5. The summed E-state index contributed by atoms with van der Waals surface area (Å²) in [4.78, 5) is 1.25. The molecule has 0 aliphatic carbocycles. The molecule has 1 fully saturated rings. The third-order valence-electron chi connectivity index (χ3n) is 3.27. The van der Waals surface area contributed by atoms with E-state index in [1.807, 2.05) is 4.72 Å². The van der Waals surface area contributed by atoms with Gasteiger partial charge in [-0.3, -0.25) is 4.90 Å². The Morgan fingerprint density at radius 2 is 1.83 bits per heavy atom. The number of ether oxygens (including phenoxy) is 1. The zero-order chi connectivity index (χ0) is 16.8. The summed E-state index contributed by atoms with van der Waals surface area (Å²) in [5.41, 5.74) is 0. The van der Waals surface area contributed by atoms with E-state index < -0.39 is 28.8 Å². The van der Waals surface area contributed by atoms with Crippen molar-refractivity contribution in [3.05, 3.63) is 0 Å². The molecule has 0 aromatic carbocycles. The fourth-order valence-corrected chi connectivity index (χ4v) is 2.99. The van der Waals surface area contributed by atoms with Crippen LogP contribution in [0.3, 0.4) is 0 Å². The summed E-state index contributed by atoms with van der Waals surface area (Å²) in [5.74, 6) is -0.350. The Morgan fingerprint density at radius 1 is 1.26 bits per heavy atom. The molecule has 0 spiro atoms. The van der Waals surface area contributed by atoms with Gasteiger partial charge in [0.25, 0.3) is 0 Å². The van der Waals surface area contributed by atoms with Gasteiger partial charge in [-0.15, -0.1) is 12.4 Å². The molecular weight excluding hydrogens is 359 g/mol. The Kier molecular flexibility index (Phi) is 9.94. The highest BCUT2D eigenvalue weighted by Gasteiger charge is 2.44. The lowest BCUT2D eigenvalue weighted by molar-refractivity contribution is -0.182. The normalized spacial score (nSPS) is 18.7. The summed E-state index contributed by atoms with van der Waals surface area (Å²) in [6, 6.07) is -1.81. The van der Waals surface area contributed by atoms with Gasteiger partial charge < -0.3 is 10.1 Å². The summed E-state index contributed by atoms with van der Waals surface area (Å²) in [6.07, 6.45) is -4.60. The fraction of sp³-hybridized carbons (Fsp3) is 1.00. The van der Waals surface area contributed by atoms with Crippen molar-refractivity contribution in [2.45, 2.75) is 32.2 Å².